The number of nitrogen functional groups attached to an aromatic ring is 1. The van der Waals surface area contributed by atoms with Crippen LogP contribution in [-0.2, 0) is 0 Å². The zero-order valence-electron chi connectivity index (χ0n) is 6.58. The van der Waals surface area contributed by atoms with E-state index in [9.17, 15) is 18.9 Å². The summed E-state index contributed by atoms with van der Waals surface area (Å²) in [5.41, 5.74) is 3.67. The first kappa shape index (κ1) is 10.8. The molecule has 1 rings (SSSR count). The molecule has 0 atom stereocenters. The summed E-state index contributed by atoms with van der Waals surface area (Å²) in [6.07, 6.45) is -2.85. The van der Waals surface area contributed by atoms with Gasteiger partial charge in [-0.15, -0.1) is 0 Å². The van der Waals surface area contributed by atoms with Crippen LogP contribution >= 0.6 is 15.9 Å². The molecule has 1 aromatic rings. The van der Waals surface area contributed by atoms with Crippen LogP contribution in [0.1, 0.15) is 12.1 Å². The van der Waals surface area contributed by atoms with E-state index in [0.717, 1.165) is 6.07 Å². The second-order valence-electron chi connectivity index (χ2n) is 2.33. The van der Waals surface area contributed by atoms with Crippen molar-refractivity contribution < 1.29 is 13.7 Å². The van der Waals surface area contributed by atoms with E-state index in [0.29, 0.717) is 0 Å². The van der Waals surface area contributed by atoms with E-state index in [2.05, 4.69) is 20.9 Å². The third-order valence-corrected chi connectivity index (χ3v) is 2.00. The molecule has 0 radical (unpaired) electrons. The van der Waals surface area contributed by atoms with Gasteiger partial charge in [0.05, 0.1) is 10.6 Å². The number of hydrogen-bond donors (Lipinski definition) is 1. The van der Waals surface area contributed by atoms with Crippen LogP contribution in [0.15, 0.2) is 10.7 Å². The van der Waals surface area contributed by atoms with Crippen molar-refractivity contribution in [2.75, 3.05) is 5.73 Å². The van der Waals surface area contributed by atoms with Gasteiger partial charge in [0.1, 0.15) is 5.69 Å². The van der Waals surface area contributed by atoms with Crippen LogP contribution in [0.2, 0.25) is 0 Å². The summed E-state index contributed by atoms with van der Waals surface area (Å²) in [5.74, 6) is 0. The first-order valence-electron chi connectivity index (χ1n) is 3.32. The normalized spacial score (nSPS) is 10.6. The van der Waals surface area contributed by atoms with Crippen molar-refractivity contribution in [1.82, 2.24) is 4.98 Å². The Bertz CT molecular complexity index is 386. The van der Waals surface area contributed by atoms with Crippen LogP contribution in [0.5, 0.6) is 0 Å². The van der Waals surface area contributed by atoms with E-state index in [1.165, 1.54) is 0 Å². The lowest BCUT2D eigenvalue weighted by Crippen LogP contribution is -2.02. The number of nitrogens with two attached hydrogens (primary N) is 1. The Morgan fingerprint density at radius 1 is 1.64 bits per heavy atom. The Balaban J connectivity index is 3.31. The standard InChI is InChI=1S/C6H4BrF2N3O2/c7-5-3(12(13)14)1-2(10)4(11-5)6(8)9/h1,6H,10H2. The lowest BCUT2D eigenvalue weighted by Gasteiger charge is -2.03. The summed E-state index contributed by atoms with van der Waals surface area (Å²) in [6.45, 7) is 0. The molecule has 0 saturated carbocycles. The molecule has 5 nitrogen and oxygen atoms in total. The van der Waals surface area contributed by atoms with Crippen LogP contribution < -0.4 is 5.73 Å². The van der Waals surface area contributed by atoms with Gasteiger partial charge in [0.2, 0.25) is 0 Å². The maximum Gasteiger partial charge on any atom is 0.304 e. The van der Waals surface area contributed by atoms with Crippen molar-refractivity contribution >= 4 is 27.3 Å². The van der Waals surface area contributed by atoms with E-state index in [4.69, 9.17) is 5.73 Å². The third-order valence-electron chi connectivity index (χ3n) is 1.42. The molecule has 8 heteroatoms. The van der Waals surface area contributed by atoms with E-state index >= 15 is 0 Å². The Morgan fingerprint density at radius 3 is 2.64 bits per heavy atom. The third kappa shape index (κ3) is 1.95. The molecule has 0 bridgehead atoms. The van der Waals surface area contributed by atoms with Crippen molar-refractivity contribution in [2.24, 2.45) is 0 Å². The van der Waals surface area contributed by atoms with Crippen molar-refractivity contribution in [2.45, 2.75) is 6.43 Å². The molecule has 0 amide bonds. The second-order valence-corrected chi connectivity index (χ2v) is 3.08. The average molecular weight is 268 g/mol. The lowest BCUT2D eigenvalue weighted by atomic mass is 10.3. The highest BCUT2D eigenvalue weighted by molar-refractivity contribution is 9.10. The Hall–Kier alpha value is -1.31. The number of nitro groups is 1. The monoisotopic (exact) mass is 267 g/mol. The molecule has 0 unspecified atom stereocenters. The zero-order chi connectivity index (χ0) is 10.9. The number of alkyl halides is 2. The Kier molecular flexibility index (Phi) is 2.94. The SMILES string of the molecule is Nc1cc([N+](=O)[O-])c(Br)nc1C(F)F. The largest absolute Gasteiger partial charge is 0.397 e. The highest BCUT2D eigenvalue weighted by Crippen LogP contribution is 2.31. The Labute approximate surface area is 85.2 Å². The fraction of sp³-hybridized carbons (Fsp3) is 0.167. The van der Waals surface area contributed by atoms with Crippen LogP contribution in [0.3, 0.4) is 0 Å². The van der Waals surface area contributed by atoms with Gasteiger partial charge in [0, 0.05) is 6.07 Å². The van der Waals surface area contributed by atoms with Crippen molar-refractivity contribution in [3.63, 3.8) is 0 Å². The number of hydrogen-bond acceptors (Lipinski definition) is 4. The number of pyridine rings is 1. The van der Waals surface area contributed by atoms with Gasteiger partial charge in [0.15, 0.2) is 4.60 Å². The molecule has 0 aliphatic carbocycles. The van der Waals surface area contributed by atoms with Crippen LogP contribution in [0.4, 0.5) is 20.2 Å². The van der Waals surface area contributed by atoms with Gasteiger partial charge in [-0.2, -0.15) is 0 Å². The molecule has 0 saturated heterocycles. The fourth-order valence-corrected chi connectivity index (χ4v) is 1.26. The van der Waals surface area contributed by atoms with Crippen molar-refractivity contribution in [3.8, 4) is 0 Å². The van der Waals surface area contributed by atoms with Crippen LogP contribution in [-0.4, -0.2) is 9.91 Å². The second kappa shape index (κ2) is 3.82. The first-order valence-corrected chi connectivity index (χ1v) is 4.11. The van der Waals surface area contributed by atoms with E-state index in [1.807, 2.05) is 0 Å². The zero-order valence-corrected chi connectivity index (χ0v) is 8.16. The number of aromatic nitrogens is 1. The Morgan fingerprint density at radius 2 is 2.21 bits per heavy atom. The lowest BCUT2D eigenvalue weighted by molar-refractivity contribution is -0.386. The highest BCUT2D eigenvalue weighted by Gasteiger charge is 2.21. The van der Waals surface area contributed by atoms with Gasteiger partial charge >= 0.3 is 5.69 Å². The minimum Gasteiger partial charge on any atom is -0.397 e. The maximum absolute atomic E-state index is 12.2. The molecule has 14 heavy (non-hydrogen) atoms. The van der Waals surface area contributed by atoms with Gasteiger partial charge in [-0.05, 0) is 15.9 Å². The number of halogens is 3. The van der Waals surface area contributed by atoms with Gasteiger partial charge in [0.25, 0.3) is 6.43 Å². The average Bonchev–Trinajstić information content (AvgIpc) is 2.07. The van der Waals surface area contributed by atoms with E-state index in [-0.39, 0.29) is 4.60 Å². The molecular weight excluding hydrogens is 264 g/mol. The molecule has 76 valence electrons. The van der Waals surface area contributed by atoms with Crippen molar-refractivity contribution in [1.29, 1.82) is 0 Å². The van der Waals surface area contributed by atoms with Crippen LogP contribution in [0, 0.1) is 10.1 Å². The molecular formula is C6H4BrF2N3O2. The topological polar surface area (TPSA) is 82.0 Å². The van der Waals surface area contributed by atoms with Gasteiger partial charge in [-0.1, -0.05) is 0 Å². The smallest absolute Gasteiger partial charge is 0.304 e. The minimum absolute atomic E-state index is 0.257. The molecule has 0 spiro atoms. The summed E-state index contributed by atoms with van der Waals surface area (Å²) in [6, 6.07) is 0.846. The molecule has 1 aromatic heterocycles. The summed E-state index contributed by atoms with van der Waals surface area (Å²) in [5, 5.41) is 10.3. The van der Waals surface area contributed by atoms with E-state index in [1.54, 1.807) is 0 Å². The summed E-state index contributed by atoms with van der Waals surface area (Å²) in [7, 11) is 0. The molecule has 1 heterocycles. The summed E-state index contributed by atoms with van der Waals surface area (Å²) >= 11 is 2.71. The number of rotatable bonds is 2. The van der Waals surface area contributed by atoms with Gasteiger partial charge in [-0.3, -0.25) is 10.1 Å². The molecule has 0 aliphatic heterocycles. The quantitative estimate of drug-likeness (QED) is 0.506. The number of nitrogens with zero attached hydrogens (tertiary/aromatic N) is 2. The summed E-state index contributed by atoms with van der Waals surface area (Å²) < 4.78 is 24.2. The van der Waals surface area contributed by atoms with Gasteiger partial charge < -0.3 is 5.73 Å². The highest BCUT2D eigenvalue weighted by atomic mass is 79.9. The predicted molar refractivity (Wildman–Crippen MR) is 48.0 cm³/mol. The maximum atomic E-state index is 12.2. The molecule has 0 aromatic carbocycles. The van der Waals surface area contributed by atoms with Crippen LogP contribution in [0.25, 0.3) is 0 Å². The molecule has 2 N–H and O–H groups in total. The predicted octanol–water partition coefficient (Wildman–Crippen LogP) is 2.27. The van der Waals surface area contributed by atoms with Crippen molar-refractivity contribution in [3.05, 3.63) is 26.5 Å². The number of anilines is 1. The summed E-state index contributed by atoms with van der Waals surface area (Å²) in [4.78, 5) is 12.9. The van der Waals surface area contributed by atoms with Gasteiger partial charge in [-0.25, -0.2) is 13.8 Å². The minimum atomic E-state index is -2.85. The van der Waals surface area contributed by atoms with E-state index < -0.39 is 28.4 Å². The molecule has 0 aliphatic rings. The first-order chi connectivity index (χ1) is 6.43. The molecule has 0 fully saturated rings. The fourth-order valence-electron chi connectivity index (χ4n) is 0.811.